The highest BCUT2D eigenvalue weighted by Crippen LogP contribution is 2.60. The maximum absolute atomic E-state index is 2.57. The van der Waals surface area contributed by atoms with Crippen LogP contribution in [-0.4, -0.2) is 13.2 Å². The van der Waals surface area contributed by atoms with Crippen LogP contribution in [0.4, 0.5) is 17.1 Å². The van der Waals surface area contributed by atoms with Crippen molar-refractivity contribution < 1.29 is 0 Å². The largest absolute Gasteiger partial charge is 0.352 e. The number of hydrogen-bond acceptors (Lipinski definition) is 2. The molecule has 0 N–H and O–H groups in total. The first kappa shape index (κ1) is 17.4. The normalized spacial score (nSPS) is 21.1. The zero-order valence-electron chi connectivity index (χ0n) is 17.4. The Hall–Kier alpha value is -2.74. The molecule has 0 fully saturated rings. The SMILES string of the molecule is CN1c2ccccc2N2c3cc(-c4ccccc4)ccc3C(C)(C)C(C)(C)C12. The molecule has 0 aromatic heterocycles. The van der Waals surface area contributed by atoms with Crippen LogP contribution in [0.25, 0.3) is 11.1 Å². The highest BCUT2D eigenvalue weighted by atomic mass is 15.4. The van der Waals surface area contributed by atoms with Gasteiger partial charge in [-0.3, -0.25) is 0 Å². The molecule has 2 aliphatic rings. The number of anilines is 3. The van der Waals surface area contributed by atoms with Crippen LogP contribution < -0.4 is 9.80 Å². The van der Waals surface area contributed by atoms with Crippen LogP contribution >= 0.6 is 0 Å². The Bertz CT molecular complexity index is 1050. The van der Waals surface area contributed by atoms with E-state index in [1.165, 1.54) is 33.8 Å². The molecule has 3 aromatic rings. The minimum Gasteiger partial charge on any atom is -0.352 e. The van der Waals surface area contributed by atoms with E-state index >= 15 is 0 Å². The molecule has 2 heteroatoms. The highest BCUT2D eigenvalue weighted by Gasteiger charge is 2.56. The first-order chi connectivity index (χ1) is 13.3. The van der Waals surface area contributed by atoms with Crippen LogP contribution in [0.3, 0.4) is 0 Å². The molecule has 2 aliphatic heterocycles. The van der Waals surface area contributed by atoms with Crippen LogP contribution in [0.5, 0.6) is 0 Å². The average molecular weight is 369 g/mol. The highest BCUT2D eigenvalue weighted by molar-refractivity contribution is 5.88. The van der Waals surface area contributed by atoms with Gasteiger partial charge < -0.3 is 9.80 Å². The maximum atomic E-state index is 2.57. The van der Waals surface area contributed by atoms with Crippen LogP contribution in [0.2, 0.25) is 0 Å². The van der Waals surface area contributed by atoms with E-state index in [0.29, 0.717) is 6.17 Å². The second-order valence-corrected chi connectivity index (χ2v) is 9.29. The van der Waals surface area contributed by atoms with E-state index in [0.717, 1.165) is 0 Å². The molecule has 28 heavy (non-hydrogen) atoms. The molecular formula is C26H28N2. The molecule has 1 unspecified atom stereocenters. The Labute approximate surface area is 168 Å². The first-order valence-corrected chi connectivity index (χ1v) is 10.1. The van der Waals surface area contributed by atoms with Gasteiger partial charge in [0, 0.05) is 23.6 Å². The summed E-state index contributed by atoms with van der Waals surface area (Å²) < 4.78 is 0. The third kappa shape index (κ3) is 2.09. The molecule has 0 amide bonds. The van der Waals surface area contributed by atoms with Crippen molar-refractivity contribution in [2.24, 2.45) is 5.41 Å². The topological polar surface area (TPSA) is 6.48 Å². The fraction of sp³-hybridized carbons (Fsp3) is 0.308. The molecule has 1 atom stereocenters. The molecule has 5 rings (SSSR count). The summed E-state index contributed by atoms with van der Waals surface area (Å²) in [6.45, 7) is 9.65. The van der Waals surface area contributed by atoms with Crippen molar-refractivity contribution in [1.29, 1.82) is 0 Å². The number of nitrogens with zero attached hydrogens (tertiary/aromatic N) is 2. The molecule has 0 bridgehead atoms. The number of benzene rings is 3. The van der Waals surface area contributed by atoms with Gasteiger partial charge in [-0.2, -0.15) is 0 Å². The fourth-order valence-electron chi connectivity index (χ4n) is 5.21. The lowest BCUT2D eigenvalue weighted by atomic mass is 9.59. The Kier molecular flexibility index (Phi) is 3.49. The molecule has 142 valence electrons. The van der Waals surface area contributed by atoms with E-state index in [4.69, 9.17) is 0 Å². The van der Waals surface area contributed by atoms with Crippen molar-refractivity contribution in [3.05, 3.63) is 78.4 Å². The van der Waals surface area contributed by atoms with E-state index in [1.807, 2.05) is 0 Å². The van der Waals surface area contributed by atoms with Gasteiger partial charge in [-0.15, -0.1) is 0 Å². The van der Waals surface area contributed by atoms with Gasteiger partial charge in [0.05, 0.1) is 11.4 Å². The van der Waals surface area contributed by atoms with E-state index in [2.05, 4.69) is 117 Å². The van der Waals surface area contributed by atoms with E-state index < -0.39 is 0 Å². The second-order valence-electron chi connectivity index (χ2n) is 9.29. The van der Waals surface area contributed by atoms with Gasteiger partial charge in [0.15, 0.2) is 0 Å². The minimum atomic E-state index is 0.0506. The molecule has 0 spiro atoms. The van der Waals surface area contributed by atoms with Crippen molar-refractivity contribution in [2.45, 2.75) is 39.3 Å². The average Bonchev–Trinajstić information content (AvgIpc) is 3.01. The number of fused-ring (bicyclic) bond motifs is 5. The summed E-state index contributed by atoms with van der Waals surface area (Å²) >= 11 is 0. The first-order valence-electron chi connectivity index (χ1n) is 10.1. The van der Waals surface area contributed by atoms with E-state index in [1.54, 1.807) is 0 Å². The van der Waals surface area contributed by atoms with Gasteiger partial charge in [-0.1, -0.05) is 82.3 Å². The summed E-state index contributed by atoms with van der Waals surface area (Å²) in [5, 5.41) is 0. The molecule has 2 heterocycles. The number of para-hydroxylation sites is 2. The van der Waals surface area contributed by atoms with Crippen molar-refractivity contribution >= 4 is 17.1 Å². The summed E-state index contributed by atoms with van der Waals surface area (Å²) in [4.78, 5) is 5.04. The van der Waals surface area contributed by atoms with E-state index in [9.17, 15) is 0 Å². The van der Waals surface area contributed by atoms with Crippen molar-refractivity contribution in [3.8, 4) is 11.1 Å². The summed E-state index contributed by atoms with van der Waals surface area (Å²) in [6.07, 6.45) is 0.290. The van der Waals surface area contributed by atoms with Gasteiger partial charge in [0.25, 0.3) is 0 Å². The van der Waals surface area contributed by atoms with Gasteiger partial charge in [-0.05, 0) is 34.9 Å². The number of hydrogen-bond donors (Lipinski definition) is 0. The third-order valence-electron chi connectivity index (χ3n) is 7.43. The summed E-state index contributed by atoms with van der Waals surface area (Å²) in [7, 11) is 2.24. The Morgan fingerprint density at radius 1 is 0.679 bits per heavy atom. The van der Waals surface area contributed by atoms with Gasteiger partial charge in [0.1, 0.15) is 6.17 Å². The summed E-state index contributed by atoms with van der Waals surface area (Å²) in [6, 6.07) is 26.6. The quantitative estimate of drug-likeness (QED) is 0.478. The predicted molar refractivity (Wildman–Crippen MR) is 119 cm³/mol. The van der Waals surface area contributed by atoms with Crippen molar-refractivity contribution in [3.63, 3.8) is 0 Å². The molecular weight excluding hydrogens is 340 g/mol. The minimum absolute atomic E-state index is 0.0506. The molecule has 0 saturated carbocycles. The fourth-order valence-corrected chi connectivity index (χ4v) is 5.21. The lowest BCUT2D eigenvalue weighted by molar-refractivity contribution is 0.143. The lowest BCUT2D eigenvalue weighted by Gasteiger charge is -2.56. The number of rotatable bonds is 1. The van der Waals surface area contributed by atoms with Crippen LogP contribution in [-0.2, 0) is 5.41 Å². The molecule has 3 aromatic carbocycles. The van der Waals surface area contributed by atoms with Crippen LogP contribution in [0.15, 0.2) is 72.8 Å². The van der Waals surface area contributed by atoms with Gasteiger partial charge in [-0.25, -0.2) is 0 Å². The van der Waals surface area contributed by atoms with Crippen molar-refractivity contribution in [2.75, 3.05) is 16.8 Å². The Balaban J connectivity index is 1.79. The maximum Gasteiger partial charge on any atom is 0.112 e. The zero-order chi connectivity index (χ0) is 19.7. The molecule has 2 nitrogen and oxygen atoms in total. The molecule has 0 aliphatic carbocycles. The van der Waals surface area contributed by atoms with Gasteiger partial charge in [0.2, 0.25) is 0 Å². The van der Waals surface area contributed by atoms with E-state index in [-0.39, 0.29) is 10.8 Å². The summed E-state index contributed by atoms with van der Waals surface area (Å²) in [5.41, 5.74) is 8.06. The van der Waals surface area contributed by atoms with Gasteiger partial charge >= 0.3 is 0 Å². The monoisotopic (exact) mass is 368 g/mol. The zero-order valence-corrected chi connectivity index (χ0v) is 17.4. The van der Waals surface area contributed by atoms with Crippen LogP contribution in [0, 0.1) is 5.41 Å². The Morgan fingerprint density at radius 3 is 2.04 bits per heavy atom. The molecule has 0 saturated heterocycles. The summed E-state index contributed by atoms with van der Waals surface area (Å²) in [5.74, 6) is 0. The van der Waals surface area contributed by atoms with Crippen LogP contribution in [0.1, 0.15) is 33.3 Å². The smallest absolute Gasteiger partial charge is 0.112 e. The third-order valence-corrected chi connectivity index (χ3v) is 7.43. The Morgan fingerprint density at radius 2 is 1.32 bits per heavy atom. The predicted octanol–water partition coefficient (Wildman–Crippen LogP) is 6.59. The van der Waals surface area contributed by atoms with Crippen molar-refractivity contribution in [1.82, 2.24) is 0 Å². The second kappa shape index (κ2) is 5.64. The lowest BCUT2D eigenvalue weighted by Crippen LogP contribution is -2.60. The standard InChI is InChI=1S/C26H28N2/c1-25(2)20-16-15-19(18-11-7-6-8-12-18)17-23(20)28-22-14-10-9-13-21(22)27(5)24(28)26(25,3)4/h6-17,24H,1-5H3. The molecule has 0 radical (unpaired) electrons.